The molecule has 20 heavy (non-hydrogen) atoms. The Morgan fingerprint density at radius 1 is 1.30 bits per heavy atom. The van der Waals surface area contributed by atoms with E-state index in [4.69, 9.17) is 4.74 Å². The molecule has 0 bridgehead atoms. The Morgan fingerprint density at radius 3 is 3.00 bits per heavy atom. The van der Waals surface area contributed by atoms with E-state index in [0.717, 1.165) is 42.7 Å². The van der Waals surface area contributed by atoms with E-state index in [2.05, 4.69) is 15.0 Å². The second-order valence-corrected chi connectivity index (χ2v) is 5.69. The minimum atomic E-state index is 0.0457. The Kier molecular flexibility index (Phi) is 2.93. The molecule has 0 spiro atoms. The van der Waals surface area contributed by atoms with Crippen LogP contribution in [-0.4, -0.2) is 37.8 Å². The van der Waals surface area contributed by atoms with Crippen molar-refractivity contribution in [3.8, 4) is 0 Å². The predicted octanol–water partition coefficient (Wildman–Crippen LogP) is 1.62. The molecule has 4 rings (SSSR count). The highest BCUT2D eigenvalue weighted by molar-refractivity contribution is 5.74. The van der Waals surface area contributed by atoms with E-state index in [0.29, 0.717) is 11.8 Å². The molecule has 0 amide bonds. The number of imidazole rings is 1. The number of rotatable bonds is 3. The molecule has 1 aliphatic carbocycles. The minimum absolute atomic E-state index is 0.0457. The van der Waals surface area contributed by atoms with E-state index in [-0.39, 0.29) is 12.8 Å². The zero-order chi connectivity index (χ0) is 13.5. The number of ether oxygens (including phenoxy) is 1. The molecule has 2 aromatic heterocycles. The van der Waals surface area contributed by atoms with Crippen molar-refractivity contribution in [2.45, 2.75) is 37.8 Å². The number of aromatic nitrogens is 4. The summed E-state index contributed by atoms with van der Waals surface area (Å²) < 4.78 is 7.84. The molecule has 2 aromatic rings. The van der Waals surface area contributed by atoms with Gasteiger partial charge in [-0.3, -0.25) is 4.57 Å². The van der Waals surface area contributed by atoms with Gasteiger partial charge >= 0.3 is 0 Å². The van der Waals surface area contributed by atoms with Crippen LogP contribution in [0.1, 0.15) is 43.5 Å². The molecular formula is C14H18N4O2. The van der Waals surface area contributed by atoms with Crippen molar-refractivity contribution in [1.82, 2.24) is 19.5 Å². The van der Waals surface area contributed by atoms with E-state index in [9.17, 15) is 5.11 Å². The first kappa shape index (κ1) is 12.2. The first-order valence-corrected chi connectivity index (χ1v) is 7.28. The largest absolute Gasteiger partial charge is 0.396 e. The Balaban J connectivity index is 1.72. The predicted molar refractivity (Wildman–Crippen MR) is 72.1 cm³/mol. The maximum atomic E-state index is 9.23. The second kappa shape index (κ2) is 4.79. The summed E-state index contributed by atoms with van der Waals surface area (Å²) in [6.45, 7) is 1.03. The van der Waals surface area contributed by atoms with E-state index in [1.807, 2.05) is 10.9 Å². The molecular weight excluding hydrogens is 256 g/mol. The fourth-order valence-corrected chi connectivity index (χ4v) is 3.08. The average Bonchev–Trinajstić information content (AvgIpc) is 3.17. The Morgan fingerprint density at radius 2 is 2.25 bits per heavy atom. The third-order valence-corrected chi connectivity index (χ3v) is 4.36. The van der Waals surface area contributed by atoms with Crippen molar-refractivity contribution >= 4 is 11.2 Å². The van der Waals surface area contributed by atoms with Crippen molar-refractivity contribution in [3.05, 3.63) is 18.3 Å². The number of hydrogen-bond donors (Lipinski definition) is 1. The molecule has 3 heterocycles. The second-order valence-electron chi connectivity index (χ2n) is 5.69. The lowest BCUT2D eigenvalue weighted by Gasteiger charge is -2.23. The van der Waals surface area contributed by atoms with Crippen LogP contribution in [-0.2, 0) is 4.74 Å². The summed E-state index contributed by atoms with van der Waals surface area (Å²) in [5, 5.41) is 9.23. The van der Waals surface area contributed by atoms with Gasteiger partial charge in [-0.15, -0.1) is 0 Å². The molecule has 1 aliphatic heterocycles. The van der Waals surface area contributed by atoms with Crippen LogP contribution in [0.4, 0.5) is 0 Å². The van der Waals surface area contributed by atoms with Crippen LogP contribution < -0.4 is 0 Å². The monoisotopic (exact) mass is 274 g/mol. The van der Waals surface area contributed by atoms with Crippen LogP contribution in [0.25, 0.3) is 11.2 Å². The Labute approximate surface area is 116 Å². The van der Waals surface area contributed by atoms with Gasteiger partial charge in [-0.05, 0) is 31.6 Å². The molecule has 2 fully saturated rings. The Bertz CT molecular complexity index is 621. The molecule has 0 aromatic carbocycles. The summed E-state index contributed by atoms with van der Waals surface area (Å²) in [6.07, 6.45) is 7.77. The first-order chi connectivity index (χ1) is 9.88. The number of fused-ring (bicyclic) bond motifs is 1. The van der Waals surface area contributed by atoms with Crippen molar-refractivity contribution < 1.29 is 9.84 Å². The molecule has 1 unspecified atom stereocenters. The summed E-state index contributed by atoms with van der Waals surface area (Å²) in [7, 11) is 0. The lowest BCUT2D eigenvalue weighted by Crippen LogP contribution is -2.17. The zero-order valence-electron chi connectivity index (χ0n) is 11.3. The molecule has 6 nitrogen and oxygen atoms in total. The summed E-state index contributed by atoms with van der Waals surface area (Å²) in [6, 6.07) is 0. The summed E-state index contributed by atoms with van der Waals surface area (Å²) >= 11 is 0. The molecule has 2 aliphatic rings. The van der Waals surface area contributed by atoms with E-state index >= 15 is 0 Å². The standard InChI is InChI=1S/C14H18N4O2/c19-6-9-5-10(9)12-13-14(16-7-15-12)18(8-17-13)11-3-1-2-4-20-11/h7-11,19H,1-6H2/t9-,10+,11?/m1/s1. The third-order valence-electron chi connectivity index (χ3n) is 4.36. The Hall–Kier alpha value is -1.53. The van der Waals surface area contributed by atoms with Gasteiger partial charge in [0.05, 0.1) is 12.0 Å². The van der Waals surface area contributed by atoms with Gasteiger partial charge in [-0.2, -0.15) is 0 Å². The highest BCUT2D eigenvalue weighted by atomic mass is 16.5. The summed E-state index contributed by atoms with van der Waals surface area (Å²) in [5.74, 6) is 0.672. The summed E-state index contributed by atoms with van der Waals surface area (Å²) in [5.41, 5.74) is 2.69. The summed E-state index contributed by atoms with van der Waals surface area (Å²) in [4.78, 5) is 13.3. The highest BCUT2D eigenvalue weighted by Gasteiger charge is 2.40. The molecule has 1 saturated carbocycles. The van der Waals surface area contributed by atoms with E-state index in [1.165, 1.54) is 6.42 Å². The molecule has 106 valence electrons. The fourth-order valence-electron chi connectivity index (χ4n) is 3.08. The van der Waals surface area contributed by atoms with Gasteiger partial charge < -0.3 is 9.84 Å². The normalized spacial score (nSPS) is 29.8. The fraction of sp³-hybridized carbons (Fsp3) is 0.643. The van der Waals surface area contributed by atoms with Gasteiger partial charge in [-0.1, -0.05) is 0 Å². The van der Waals surface area contributed by atoms with Crippen molar-refractivity contribution in [3.63, 3.8) is 0 Å². The van der Waals surface area contributed by atoms with Crippen LogP contribution >= 0.6 is 0 Å². The maximum Gasteiger partial charge on any atom is 0.165 e. The smallest absolute Gasteiger partial charge is 0.165 e. The minimum Gasteiger partial charge on any atom is -0.396 e. The lowest BCUT2D eigenvalue weighted by atomic mass is 10.2. The number of aliphatic hydroxyl groups excluding tert-OH is 1. The maximum absolute atomic E-state index is 9.23. The van der Waals surface area contributed by atoms with Crippen molar-refractivity contribution in [2.75, 3.05) is 13.2 Å². The number of hydrogen-bond acceptors (Lipinski definition) is 5. The number of aliphatic hydroxyl groups is 1. The average molecular weight is 274 g/mol. The topological polar surface area (TPSA) is 73.1 Å². The molecule has 3 atom stereocenters. The molecule has 0 radical (unpaired) electrons. The van der Waals surface area contributed by atoms with E-state index < -0.39 is 0 Å². The molecule has 6 heteroatoms. The van der Waals surface area contributed by atoms with Gasteiger partial charge in [0.15, 0.2) is 5.65 Å². The van der Waals surface area contributed by atoms with Gasteiger partial charge in [-0.25, -0.2) is 15.0 Å². The van der Waals surface area contributed by atoms with Gasteiger partial charge in [0.25, 0.3) is 0 Å². The van der Waals surface area contributed by atoms with Crippen LogP contribution in [0.15, 0.2) is 12.7 Å². The van der Waals surface area contributed by atoms with Crippen molar-refractivity contribution in [2.24, 2.45) is 5.92 Å². The highest BCUT2D eigenvalue weighted by Crippen LogP contribution is 2.47. The van der Waals surface area contributed by atoms with Crippen molar-refractivity contribution in [1.29, 1.82) is 0 Å². The number of nitrogens with zero attached hydrogens (tertiary/aromatic N) is 4. The lowest BCUT2D eigenvalue weighted by molar-refractivity contribution is -0.0298. The van der Waals surface area contributed by atoms with Crippen LogP contribution in [0.5, 0.6) is 0 Å². The van der Waals surface area contributed by atoms with Crippen LogP contribution in [0.3, 0.4) is 0 Å². The van der Waals surface area contributed by atoms with Crippen LogP contribution in [0, 0.1) is 5.92 Å². The SMILES string of the molecule is OC[C@H]1C[C@@H]1c1ncnc2c1ncn2C1CCCCO1. The van der Waals surface area contributed by atoms with Crippen LogP contribution in [0.2, 0.25) is 0 Å². The molecule has 1 saturated heterocycles. The first-order valence-electron chi connectivity index (χ1n) is 7.28. The van der Waals surface area contributed by atoms with E-state index in [1.54, 1.807) is 6.33 Å². The van der Waals surface area contributed by atoms with Gasteiger partial charge in [0, 0.05) is 19.1 Å². The van der Waals surface area contributed by atoms with Gasteiger partial charge in [0.2, 0.25) is 0 Å². The third kappa shape index (κ3) is 1.91. The van der Waals surface area contributed by atoms with Gasteiger partial charge in [0.1, 0.15) is 18.1 Å². The zero-order valence-corrected chi connectivity index (χ0v) is 11.3. The molecule has 1 N–H and O–H groups in total. The quantitative estimate of drug-likeness (QED) is 0.920.